The Bertz CT molecular complexity index is 724. The number of hydrogen-bond donors (Lipinski definition) is 1. The lowest BCUT2D eigenvalue weighted by molar-refractivity contribution is -0.134. The van der Waals surface area contributed by atoms with Crippen molar-refractivity contribution in [1.29, 1.82) is 0 Å². The minimum absolute atomic E-state index is 0.0722. The van der Waals surface area contributed by atoms with Gasteiger partial charge in [0.2, 0.25) is 6.10 Å². The monoisotopic (exact) mass is 357 g/mol. The second kappa shape index (κ2) is 7.08. The van der Waals surface area contributed by atoms with Crippen LogP contribution < -0.4 is 14.8 Å². The van der Waals surface area contributed by atoms with Crippen molar-refractivity contribution >= 4 is 17.2 Å². The molecule has 1 amide bonds. The molecule has 2 aromatic rings. The summed E-state index contributed by atoms with van der Waals surface area (Å²) in [6, 6.07) is 11.7. The molecule has 0 radical (unpaired) electrons. The van der Waals surface area contributed by atoms with Crippen LogP contribution in [0.25, 0.3) is 0 Å². The van der Waals surface area contributed by atoms with Crippen molar-refractivity contribution in [2.75, 3.05) is 0 Å². The molecule has 1 aromatic heterocycles. The molecule has 5 heteroatoms. The summed E-state index contributed by atoms with van der Waals surface area (Å²) in [4.78, 5) is 14.2. The topological polar surface area (TPSA) is 47.6 Å². The smallest absolute Gasteiger partial charge is 0.265 e. The second-order valence-electron chi connectivity index (χ2n) is 6.85. The molecule has 1 saturated carbocycles. The maximum Gasteiger partial charge on any atom is 0.265 e. The molecule has 1 aromatic carbocycles. The van der Waals surface area contributed by atoms with E-state index < -0.39 is 6.10 Å². The maximum atomic E-state index is 13.0. The zero-order valence-corrected chi connectivity index (χ0v) is 15.1. The van der Waals surface area contributed by atoms with Crippen molar-refractivity contribution in [2.45, 2.75) is 50.9 Å². The molecule has 1 N–H and O–H groups in total. The number of fused-ring (bicyclic) bond motifs is 1. The van der Waals surface area contributed by atoms with Gasteiger partial charge in [-0.3, -0.25) is 4.79 Å². The van der Waals surface area contributed by atoms with Gasteiger partial charge in [-0.1, -0.05) is 31.0 Å². The van der Waals surface area contributed by atoms with Crippen LogP contribution in [0, 0.1) is 5.92 Å². The second-order valence-corrected chi connectivity index (χ2v) is 7.83. The number of nitrogens with one attached hydrogen (secondary N) is 1. The Balaban J connectivity index is 1.51. The average Bonchev–Trinajstić information content (AvgIpc) is 3.32. The molecule has 1 aliphatic heterocycles. The lowest BCUT2D eigenvalue weighted by Crippen LogP contribution is -2.50. The summed E-state index contributed by atoms with van der Waals surface area (Å²) in [7, 11) is 0. The molecular weight excluding hydrogens is 334 g/mol. The summed E-state index contributed by atoms with van der Waals surface area (Å²) in [6.07, 6.45) is 3.89. The van der Waals surface area contributed by atoms with Crippen LogP contribution in [0.3, 0.4) is 0 Å². The highest BCUT2D eigenvalue weighted by molar-refractivity contribution is 7.10. The van der Waals surface area contributed by atoms with Crippen molar-refractivity contribution in [1.82, 2.24) is 5.32 Å². The molecular formula is C20H23NO3S. The fourth-order valence-corrected chi connectivity index (χ4v) is 4.69. The van der Waals surface area contributed by atoms with Crippen LogP contribution in [-0.4, -0.2) is 18.1 Å². The van der Waals surface area contributed by atoms with E-state index in [0.717, 1.165) is 0 Å². The minimum atomic E-state index is -0.626. The van der Waals surface area contributed by atoms with Gasteiger partial charge >= 0.3 is 0 Å². The Morgan fingerprint density at radius 2 is 1.84 bits per heavy atom. The van der Waals surface area contributed by atoms with Crippen LogP contribution in [-0.2, 0) is 4.79 Å². The van der Waals surface area contributed by atoms with E-state index in [2.05, 4.69) is 16.8 Å². The third kappa shape index (κ3) is 3.38. The van der Waals surface area contributed by atoms with Gasteiger partial charge in [0.05, 0.1) is 6.04 Å². The number of thiophene rings is 1. The van der Waals surface area contributed by atoms with Crippen LogP contribution >= 0.6 is 11.3 Å². The predicted molar refractivity (Wildman–Crippen MR) is 98.1 cm³/mol. The number of amides is 1. The Morgan fingerprint density at radius 3 is 2.52 bits per heavy atom. The highest BCUT2D eigenvalue weighted by atomic mass is 32.1. The van der Waals surface area contributed by atoms with Crippen LogP contribution in [0.2, 0.25) is 0 Å². The standard InChI is InChI=1S/C20H23NO3S/c1-13-19(24-16-10-5-4-9-15(16)23-13)20(22)21-18(14-7-2-3-8-14)17-11-6-12-25-17/h4-6,9-14,18-19H,2-3,7-8H2,1H3,(H,21,22)/t13-,18-,19+/m0/s1. The number of benzene rings is 1. The van der Waals surface area contributed by atoms with Gasteiger partial charge < -0.3 is 14.8 Å². The fraction of sp³-hybridized carbons (Fsp3) is 0.450. The van der Waals surface area contributed by atoms with E-state index in [1.54, 1.807) is 11.3 Å². The molecule has 0 unspecified atom stereocenters. The number of ether oxygens (including phenoxy) is 2. The first-order valence-electron chi connectivity index (χ1n) is 8.98. The molecule has 132 valence electrons. The van der Waals surface area contributed by atoms with Gasteiger partial charge in [0, 0.05) is 4.88 Å². The van der Waals surface area contributed by atoms with Crippen molar-refractivity contribution in [3.63, 3.8) is 0 Å². The summed E-state index contributed by atoms with van der Waals surface area (Å²) in [5, 5.41) is 5.33. The van der Waals surface area contributed by atoms with E-state index in [-0.39, 0.29) is 18.1 Å². The zero-order chi connectivity index (χ0) is 17.2. The third-order valence-electron chi connectivity index (χ3n) is 5.12. The lowest BCUT2D eigenvalue weighted by Gasteiger charge is -2.33. The average molecular weight is 357 g/mol. The van der Waals surface area contributed by atoms with Crippen molar-refractivity contribution in [3.05, 3.63) is 46.7 Å². The highest BCUT2D eigenvalue weighted by Gasteiger charge is 2.37. The van der Waals surface area contributed by atoms with Crippen molar-refractivity contribution in [3.8, 4) is 11.5 Å². The quantitative estimate of drug-likeness (QED) is 0.886. The van der Waals surface area contributed by atoms with Crippen molar-refractivity contribution < 1.29 is 14.3 Å². The number of hydrogen-bond acceptors (Lipinski definition) is 4. The molecule has 3 atom stereocenters. The molecule has 2 aliphatic rings. The largest absolute Gasteiger partial charge is 0.482 e. The van der Waals surface area contributed by atoms with Crippen LogP contribution in [0.1, 0.15) is 43.5 Å². The molecule has 2 heterocycles. The normalized spacial score (nSPS) is 24.0. The Labute approximate surface area is 152 Å². The number of carbonyl (C=O) groups is 1. The van der Waals surface area contributed by atoms with Gasteiger partial charge in [0.25, 0.3) is 5.91 Å². The SMILES string of the molecule is C[C@@H]1Oc2ccccc2O[C@H]1C(=O)N[C@H](c1cccs1)C1CCCC1. The summed E-state index contributed by atoms with van der Waals surface area (Å²) in [5.41, 5.74) is 0. The van der Waals surface area contributed by atoms with Gasteiger partial charge in [-0.15, -0.1) is 11.3 Å². The summed E-state index contributed by atoms with van der Waals surface area (Å²) < 4.78 is 11.8. The lowest BCUT2D eigenvalue weighted by atomic mass is 9.96. The molecule has 1 aliphatic carbocycles. The van der Waals surface area contributed by atoms with Gasteiger partial charge in [0.15, 0.2) is 11.5 Å². The number of para-hydroxylation sites is 2. The Morgan fingerprint density at radius 1 is 1.12 bits per heavy atom. The van der Waals surface area contributed by atoms with Crippen LogP contribution in [0.5, 0.6) is 11.5 Å². The first kappa shape index (κ1) is 16.5. The van der Waals surface area contributed by atoms with Gasteiger partial charge in [-0.05, 0) is 49.3 Å². The Kier molecular flexibility index (Phi) is 4.66. The highest BCUT2D eigenvalue weighted by Crippen LogP contribution is 2.38. The first-order chi connectivity index (χ1) is 12.2. The van der Waals surface area contributed by atoms with E-state index in [0.29, 0.717) is 17.4 Å². The summed E-state index contributed by atoms with van der Waals surface area (Å²) in [6.45, 7) is 1.88. The molecule has 0 saturated heterocycles. The summed E-state index contributed by atoms with van der Waals surface area (Å²) >= 11 is 1.71. The van der Waals surface area contributed by atoms with Gasteiger partial charge in [-0.25, -0.2) is 0 Å². The Hall–Kier alpha value is -2.01. The van der Waals surface area contributed by atoms with E-state index in [1.165, 1.54) is 30.6 Å². The minimum Gasteiger partial charge on any atom is -0.482 e. The maximum absolute atomic E-state index is 13.0. The van der Waals surface area contributed by atoms with Gasteiger partial charge in [0.1, 0.15) is 6.10 Å². The van der Waals surface area contributed by atoms with E-state index in [4.69, 9.17) is 9.47 Å². The number of rotatable bonds is 4. The van der Waals surface area contributed by atoms with Crippen molar-refractivity contribution in [2.24, 2.45) is 5.92 Å². The zero-order valence-electron chi connectivity index (χ0n) is 14.3. The molecule has 4 nitrogen and oxygen atoms in total. The molecule has 0 bridgehead atoms. The summed E-state index contributed by atoms with van der Waals surface area (Å²) in [5.74, 6) is 1.75. The molecule has 25 heavy (non-hydrogen) atoms. The molecule has 0 spiro atoms. The number of carbonyl (C=O) groups excluding carboxylic acids is 1. The van der Waals surface area contributed by atoms with Gasteiger partial charge in [-0.2, -0.15) is 0 Å². The van der Waals surface area contributed by atoms with Crippen LogP contribution in [0.4, 0.5) is 0 Å². The molecule has 1 fully saturated rings. The van der Waals surface area contributed by atoms with E-state index in [1.807, 2.05) is 37.3 Å². The van der Waals surface area contributed by atoms with Crippen LogP contribution in [0.15, 0.2) is 41.8 Å². The first-order valence-corrected chi connectivity index (χ1v) is 9.86. The third-order valence-corrected chi connectivity index (χ3v) is 6.07. The van der Waals surface area contributed by atoms with E-state index in [9.17, 15) is 4.79 Å². The predicted octanol–water partition coefficient (Wildman–Crippen LogP) is 4.32. The van der Waals surface area contributed by atoms with E-state index >= 15 is 0 Å². The fourth-order valence-electron chi connectivity index (χ4n) is 3.82. The molecule has 4 rings (SSSR count).